The van der Waals surface area contributed by atoms with Gasteiger partial charge in [0.05, 0.1) is 24.5 Å². The van der Waals surface area contributed by atoms with Crippen molar-refractivity contribution in [2.24, 2.45) is 11.8 Å². The molecule has 0 aliphatic carbocycles. The molecule has 2 heterocycles. The third-order valence-corrected chi connectivity index (χ3v) is 4.28. The zero-order chi connectivity index (χ0) is 14.5. The number of rotatable bonds is 4. The van der Waals surface area contributed by atoms with Crippen molar-refractivity contribution in [1.29, 1.82) is 0 Å². The zero-order valence-corrected chi connectivity index (χ0v) is 12.5. The number of likely N-dealkylation sites (tertiary alicyclic amines) is 1. The fraction of sp³-hybridized carbons (Fsp3) is 0.867. The number of carbonyl (C=O) groups excluding carboxylic acids is 2. The van der Waals surface area contributed by atoms with Gasteiger partial charge >= 0.3 is 5.97 Å². The van der Waals surface area contributed by atoms with Crippen LogP contribution in [0, 0.1) is 11.8 Å². The maximum absolute atomic E-state index is 12.6. The van der Waals surface area contributed by atoms with Crippen LogP contribution in [0.1, 0.15) is 39.5 Å². The number of amides is 1. The molecule has 20 heavy (non-hydrogen) atoms. The summed E-state index contributed by atoms with van der Waals surface area (Å²) in [4.78, 5) is 26.3. The highest BCUT2D eigenvalue weighted by Gasteiger charge is 2.38. The van der Waals surface area contributed by atoms with E-state index in [2.05, 4.69) is 0 Å². The SMILES string of the molecule is CCOC(=O)[C@H]1CCCN(C(=O)C2CCOC2CC)C1. The molecule has 2 saturated heterocycles. The first-order valence-electron chi connectivity index (χ1n) is 7.74. The van der Waals surface area contributed by atoms with E-state index in [0.29, 0.717) is 19.8 Å². The number of ether oxygens (including phenoxy) is 2. The van der Waals surface area contributed by atoms with Crippen LogP contribution in [0.4, 0.5) is 0 Å². The van der Waals surface area contributed by atoms with E-state index >= 15 is 0 Å². The summed E-state index contributed by atoms with van der Waals surface area (Å²) >= 11 is 0. The van der Waals surface area contributed by atoms with Crippen molar-refractivity contribution < 1.29 is 19.1 Å². The monoisotopic (exact) mass is 283 g/mol. The molecule has 1 amide bonds. The second kappa shape index (κ2) is 7.07. The van der Waals surface area contributed by atoms with Gasteiger partial charge in [-0.1, -0.05) is 6.92 Å². The molecule has 0 spiro atoms. The second-order valence-corrected chi connectivity index (χ2v) is 5.59. The molecule has 0 saturated carbocycles. The Balaban J connectivity index is 1.94. The van der Waals surface area contributed by atoms with E-state index in [9.17, 15) is 9.59 Å². The summed E-state index contributed by atoms with van der Waals surface area (Å²) in [7, 11) is 0. The average molecular weight is 283 g/mol. The molecule has 2 rings (SSSR count). The molecular formula is C15H25NO4. The van der Waals surface area contributed by atoms with Gasteiger partial charge in [0.2, 0.25) is 5.91 Å². The Morgan fingerprint density at radius 2 is 2.10 bits per heavy atom. The van der Waals surface area contributed by atoms with E-state index in [-0.39, 0.29) is 29.8 Å². The third kappa shape index (κ3) is 3.32. The molecule has 2 aliphatic heterocycles. The summed E-state index contributed by atoms with van der Waals surface area (Å²) in [5.74, 6) is -0.195. The summed E-state index contributed by atoms with van der Waals surface area (Å²) in [5.41, 5.74) is 0. The standard InChI is InChI=1S/C15H25NO4/c1-3-13-12(7-9-20-13)14(17)16-8-5-6-11(10-16)15(18)19-4-2/h11-13H,3-10H2,1-2H3/t11-,12?,13?/m0/s1. The molecule has 0 aromatic heterocycles. The van der Waals surface area contributed by atoms with Crippen LogP contribution in [0.15, 0.2) is 0 Å². The molecule has 2 unspecified atom stereocenters. The smallest absolute Gasteiger partial charge is 0.310 e. The Kier molecular flexibility index (Phi) is 5.40. The van der Waals surface area contributed by atoms with Crippen molar-refractivity contribution in [2.75, 3.05) is 26.3 Å². The summed E-state index contributed by atoms with van der Waals surface area (Å²) in [5, 5.41) is 0. The summed E-state index contributed by atoms with van der Waals surface area (Å²) in [6.45, 7) is 6.19. The number of piperidine rings is 1. The first-order chi connectivity index (χ1) is 9.67. The van der Waals surface area contributed by atoms with Crippen molar-refractivity contribution in [2.45, 2.75) is 45.6 Å². The predicted molar refractivity (Wildman–Crippen MR) is 74.1 cm³/mol. The lowest BCUT2D eigenvalue weighted by atomic mass is 9.93. The van der Waals surface area contributed by atoms with Gasteiger partial charge in [-0.05, 0) is 32.6 Å². The van der Waals surface area contributed by atoms with Gasteiger partial charge in [-0.2, -0.15) is 0 Å². The first kappa shape index (κ1) is 15.3. The van der Waals surface area contributed by atoms with Gasteiger partial charge in [-0.3, -0.25) is 9.59 Å². The van der Waals surface area contributed by atoms with Gasteiger partial charge < -0.3 is 14.4 Å². The van der Waals surface area contributed by atoms with E-state index in [4.69, 9.17) is 9.47 Å². The van der Waals surface area contributed by atoms with Crippen molar-refractivity contribution in [1.82, 2.24) is 4.90 Å². The minimum absolute atomic E-state index is 0.0269. The van der Waals surface area contributed by atoms with E-state index in [1.807, 2.05) is 18.7 Å². The molecule has 0 N–H and O–H groups in total. The van der Waals surface area contributed by atoms with E-state index < -0.39 is 0 Å². The van der Waals surface area contributed by atoms with Gasteiger partial charge in [0.15, 0.2) is 0 Å². The Hall–Kier alpha value is -1.10. The summed E-state index contributed by atoms with van der Waals surface area (Å²) in [6, 6.07) is 0. The highest BCUT2D eigenvalue weighted by molar-refractivity contribution is 5.81. The lowest BCUT2D eigenvalue weighted by molar-refractivity contribution is -0.152. The predicted octanol–water partition coefficient (Wildman–Crippen LogP) is 1.60. The normalized spacial score (nSPS) is 30.3. The maximum Gasteiger partial charge on any atom is 0.310 e. The molecule has 5 heteroatoms. The molecule has 0 aromatic carbocycles. The first-order valence-corrected chi connectivity index (χ1v) is 7.74. The lowest BCUT2D eigenvalue weighted by Crippen LogP contribution is -2.46. The van der Waals surface area contributed by atoms with Crippen LogP contribution in [0.5, 0.6) is 0 Å². The Morgan fingerprint density at radius 1 is 1.30 bits per heavy atom. The molecule has 2 aliphatic rings. The molecule has 0 bridgehead atoms. The number of hydrogen-bond acceptors (Lipinski definition) is 4. The number of esters is 1. The Bertz CT molecular complexity index is 358. The minimum atomic E-state index is -0.167. The van der Waals surface area contributed by atoms with Crippen LogP contribution in [0.25, 0.3) is 0 Å². The molecule has 3 atom stereocenters. The molecule has 2 fully saturated rings. The quantitative estimate of drug-likeness (QED) is 0.735. The molecule has 0 aromatic rings. The second-order valence-electron chi connectivity index (χ2n) is 5.59. The maximum atomic E-state index is 12.6. The van der Waals surface area contributed by atoms with Crippen molar-refractivity contribution >= 4 is 11.9 Å². The van der Waals surface area contributed by atoms with Crippen LogP contribution in [-0.2, 0) is 19.1 Å². The van der Waals surface area contributed by atoms with Crippen molar-refractivity contribution in [3.8, 4) is 0 Å². The van der Waals surface area contributed by atoms with E-state index in [0.717, 1.165) is 32.2 Å². The number of nitrogens with zero attached hydrogens (tertiary/aromatic N) is 1. The van der Waals surface area contributed by atoms with Gasteiger partial charge in [-0.15, -0.1) is 0 Å². The van der Waals surface area contributed by atoms with Crippen LogP contribution < -0.4 is 0 Å². The Morgan fingerprint density at radius 3 is 2.80 bits per heavy atom. The summed E-state index contributed by atoms with van der Waals surface area (Å²) < 4.78 is 10.7. The lowest BCUT2D eigenvalue weighted by Gasteiger charge is -2.34. The third-order valence-electron chi connectivity index (χ3n) is 4.28. The van der Waals surface area contributed by atoms with Gasteiger partial charge in [0, 0.05) is 19.7 Å². The molecule has 114 valence electrons. The van der Waals surface area contributed by atoms with E-state index in [1.54, 1.807) is 0 Å². The largest absolute Gasteiger partial charge is 0.466 e. The van der Waals surface area contributed by atoms with Gasteiger partial charge in [-0.25, -0.2) is 0 Å². The zero-order valence-electron chi connectivity index (χ0n) is 12.5. The fourth-order valence-corrected chi connectivity index (χ4v) is 3.20. The number of carbonyl (C=O) groups is 2. The van der Waals surface area contributed by atoms with Crippen molar-refractivity contribution in [3.63, 3.8) is 0 Å². The van der Waals surface area contributed by atoms with Crippen LogP contribution in [-0.4, -0.2) is 49.2 Å². The highest BCUT2D eigenvalue weighted by Crippen LogP contribution is 2.28. The minimum Gasteiger partial charge on any atom is -0.466 e. The topological polar surface area (TPSA) is 55.8 Å². The average Bonchev–Trinajstić information content (AvgIpc) is 2.95. The molecule has 0 radical (unpaired) electrons. The van der Waals surface area contributed by atoms with Gasteiger partial charge in [0.1, 0.15) is 0 Å². The molecular weight excluding hydrogens is 258 g/mol. The Labute approximate surface area is 120 Å². The van der Waals surface area contributed by atoms with Crippen LogP contribution >= 0.6 is 0 Å². The summed E-state index contributed by atoms with van der Waals surface area (Å²) in [6.07, 6.45) is 3.41. The van der Waals surface area contributed by atoms with Gasteiger partial charge in [0.25, 0.3) is 0 Å². The number of hydrogen-bond donors (Lipinski definition) is 0. The highest BCUT2D eigenvalue weighted by atomic mass is 16.5. The van der Waals surface area contributed by atoms with Crippen LogP contribution in [0.3, 0.4) is 0 Å². The van der Waals surface area contributed by atoms with Crippen LogP contribution in [0.2, 0.25) is 0 Å². The molecule has 5 nitrogen and oxygen atoms in total. The van der Waals surface area contributed by atoms with Crippen molar-refractivity contribution in [3.05, 3.63) is 0 Å². The fourth-order valence-electron chi connectivity index (χ4n) is 3.20. The van der Waals surface area contributed by atoms with E-state index in [1.165, 1.54) is 0 Å².